The number of esters is 1. The average molecular weight is 358 g/mol. The Bertz CT molecular complexity index is 915. The van der Waals surface area contributed by atoms with Gasteiger partial charge in [-0.25, -0.2) is 4.79 Å². The standard InChI is InChI=1S/C19H16ClNO4/c1-2-9-24-19(23)12-3-6-15(7-4-12)21-18(22)17-11-13-10-14(20)5-8-16(13)25-17/h3-8,10-11H,2,9H2,1H3,(H,21,22). The van der Waals surface area contributed by atoms with Gasteiger partial charge in [0.05, 0.1) is 12.2 Å². The molecule has 128 valence electrons. The molecule has 1 N–H and O–H groups in total. The first-order valence-electron chi connectivity index (χ1n) is 7.84. The lowest BCUT2D eigenvalue weighted by Crippen LogP contribution is -2.11. The Hall–Kier alpha value is -2.79. The van der Waals surface area contributed by atoms with E-state index in [-0.39, 0.29) is 17.6 Å². The summed E-state index contributed by atoms with van der Waals surface area (Å²) in [5.74, 6) is -0.578. The molecule has 3 aromatic rings. The number of anilines is 1. The lowest BCUT2D eigenvalue weighted by atomic mass is 10.2. The van der Waals surface area contributed by atoms with E-state index in [0.717, 1.165) is 11.8 Å². The molecule has 25 heavy (non-hydrogen) atoms. The summed E-state index contributed by atoms with van der Waals surface area (Å²) in [6, 6.07) is 13.3. The van der Waals surface area contributed by atoms with E-state index in [1.54, 1.807) is 48.5 Å². The summed E-state index contributed by atoms with van der Waals surface area (Å²) < 4.78 is 10.6. The van der Waals surface area contributed by atoms with Crippen LogP contribution in [0.15, 0.2) is 52.9 Å². The molecule has 0 fully saturated rings. The van der Waals surface area contributed by atoms with Gasteiger partial charge in [-0.3, -0.25) is 4.79 Å². The molecule has 2 aromatic carbocycles. The van der Waals surface area contributed by atoms with Gasteiger partial charge < -0.3 is 14.5 Å². The first-order valence-corrected chi connectivity index (χ1v) is 8.22. The molecule has 3 rings (SSSR count). The van der Waals surface area contributed by atoms with Crippen LogP contribution in [-0.4, -0.2) is 18.5 Å². The number of carbonyl (C=O) groups is 2. The minimum atomic E-state index is -0.381. The lowest BCUT2D eigenvalue weighted by Gasteiger charge is -2.05. The van der Waals surface area contributed by atoms with Gasteiger partial charge in [0.25, 0.3) is 5.91 Å². The highest BCUT2D eigenvalue weighted by atomic mass is 35.5. The monoisotopic (exact) mass is 357 g/mol. The predicted molar refractivity (Wildman–Crippen MR) is 96.2 cm³/mol. The van der Waals surface area contributed by atoms with Crippen molar-refractivity contribution in [3.63, 3.8) is 0 Å². The molecule has 0 unspecified atom stereocenters. The van der Waals surface area contributed by atoms with Gasteiger partial charge in [0, 0.05) is 16.1 Å². The van der Waals surface area contributed by atoms with E-state index in [4.69, 9.17) is 20.8 Å². The molecule has 0 saturated carbocycles. The fraction of sp³-hybridized carbons (Fsp3) is 0.158. The topological polar surface area (TPSA) is 68.5 Å². The molecule has 0 saturated heterocycles. The van der Waals surface area contributed by atoms with Gasteiger partial charge in [0.15, 0.2) is 5.76 Å². The molecule has 0 aliphatic rings. The lowest BCUT2D eigenvalue weighted by molar-refractivity contribution is 0.0505. The number of hydrogen-bond acceptors (Lipinski definition) is 4. The Morgan fingerprint density at radius 3 is 2.60 bits per heavy atom. The summed E-state index contributed by atoms with van der Waals surface area (Å²) in [4.78, 5) is 24.0. The highest BCUT2D eigenvalue weighted by molar-refractivity contribution is 6.31. The summed E-state index contributed by atoms with van der Waals surface area (Å²) in [5.41, 5.74) is 1.57. The largest absolute Gasteiger partial charge is 0.462 e. The van der Waals surface area contributed by atoms with Crippen molar-refractivity contribution in [1.82, 2.24) is 0 Å². The summed E-state index contributed by atoms with van der Waals surface area (Å²) in [6.07, 6.45) is 0.766. The number of carbonyl (C=O) groups excluding carboxylic acids is 2. The second-order valence-electron chi connectivity index (χ2n) is 5.46. The zero-order valence-electron chi connectivity index (χ0n) is 13.5. The third-order valence-corrected chi connectivity index (χ3v) is 3.75. The van der Waals surface area contributed by atoms with Crippen LogP contribution < -0.4 is 5.32 Å². The quantitative estimate of drug-likeness (QED) is 0.659. The van der Waals surface area contributed by atoms with E-state index in [0.29, 0.717) is 28.5 Å². The number of benzene rings is 2. The summed E-state index contributed by atoms with van der Waals surface area (Å²) >= 11 is 5.93. The number of halogens is 1. The van der Waals surface area contributed by atoms with Crippen molar-refractivity contribution in [1.29, 1.82) is 0 Å². The van der Waals surface area contributed by atoms with Crippen molar-refractivity contribution in [3.05, 3.63) is 64.9 Å². The number of hydrogen-bond donors (Lipinski definition) is 1. The van der Waals surface area contributed by atoms with E-state index in [1.807, 2.05) is 6.92 Å². The van der Waals surface area contributed by atoms with Gasteiger partial charge in [-0.05, 0) is 55.0 Å². The zero-order chi connectivity index (χ0) is 17.8. The van der Waals surface area contributed by atoms with Gasteiger partial charge >= 0.3 is 5.97 Å². The van der Waals surface area contributed by atoms with E-state index in [2.05, 4.69) is 5.32 Å². The van der Waals surface area contributed by atoms with Gasteiger partial charge in [-0.2, -0.15) is 0 Å². The maximum atomic E-state index is 12.3. The third kappa shape index (κ3) is 4.00. The Morgan fingerprint density at radius 2 is 1.88 bits per heavy atom. The second-order valence-corrected chi connectivity index (χ2v) is 5.90. The summed E-state index contributed by atoms with van der Waals surface area (Å²) in [5, 5.41) is 4.06. The maximum absolute atomic E-state index is 12.3. The molecule has 0 atom stereocenters. The Balaban J connectivity index is 1.70. The fourth-order valence-electron chi connectivity index (χ4n) is 2.29. The number of fused-ring (bicyclic) bond motifs is 1. The minimum Gasteiger partial charge on any atom is -0.462 e. The fourth-order valence-corrected chi connectivity index (χ4v) is 2.47. The van der Waals surface area contributed by atoms with Crippen LogP contribution >= 0.6 is 11.6 Å². The highest BCUT2D eigenvalue weighted by Gasteiger charge is 2.13. The van der Waals surface area contributed by atoms with Crippen LogP contribution in [0.4, 0.5) is 5.69 Å². The average Bonchev–Trinajstić information content (AvgIpc) is 3.03. The molecule has 0 radical (unpaired) electrons. The van der Waals surface area contributed by atoms with Crippen LogP contribution in [0.1, 0.15) is 34.3 Å². The Morgan fingerprint density at radius 1 is 1.12 bits per heavy atom. The van der Waals surface area contributed by atoms with Gasteiger partial charge in [0.2, 0.25) is 0 Å². The molecule has 1 amide bonds. The molecule has 0 aliphatic heterocycles. The van der Waals surface area contributed by atoms with Crippen molar-refractivity contribution in [2.24, 2.45) is 0 Å². The Labute approximate surface area is 149 Å². The minimum absolute atomic E-state index is 0.184. The van der Waals surface area contributed by atoms with Gasteiger partial charge in [-0.15, -0.1) is 0 Å². The van der Waals surface area contributed by atoms with Crippen LogP contribution in [-0.2, 0) is 4.74 Å². The van der Waals surface area contributed by atoms with Crippen LogP contribution in [0.5, 0.6) is 0 Å². The van der Waals surface area contributed by atoms with E-state index in [9.17, 15) is 9.59 Å². The second kappa shape index (κ2) is 7.40. The third-order valence-electron chi connectivity index (χ3n) is 3.52. The highest BCUT2D eigenvalue weighted by Crippen LogP contribution is 2.23. The number of ether oxygens (including phenoxy) is 1. The van der Waals surface area contributed by atoms with Crippen LogP contribution in [0.3, 0.4) is 0 Å². The summed E-state index contributed by atoms with van der Waals surface area (Å²) in [7, 11) is 0. The number of rotatable bonds is 5. The molecule has 1 aromatic heterocycles. The SMILES string of the molecule is CCCOC(=O)c1ccc(NC(=O)c2cc3cc(Cl)ccc3o2)cc1. The van der Waals surface area contributed by atoms with Crippen molar-refractivity contribution >= 4 is 40.1 Å². The maximum Gasteiger partial charge on any atom is 0.338 e. The van der Waals surface area contributed by atoms with Crippen molar-refractivity contribution in [2.45, 2.75) is 13.3 Å². The molecule has 5 nitrogen and oxygen atoms in total. The molecule has 0 spiro atoms. The van der Waals surface area contributed by atoms with Gasteiger partial charge in [0.1, 0.15) is 5.58 Å². The molecule has 0 aliphatic carbocycles. The van der Waals surface area contributed by atoms with Crippen molar-refractivity contribution < 1.29 is 18.7 Å². The summed E-state index contributed by atoms with van der Waals surface area (Å²) in [6.45, 7) is 2.31. The van der Waals surface area contributed by atoms with Crippen LogP contribution in [0.2, 0.25) is 5.02 Å². The molecular weight excluding hydrogens is 342 g/mol. The predicted octanol–water partition coefficient (Wildman–Crippen LogP) is 4.91. The number of nitrogens with one attached hydrogen (secondary N) is 1. The first-order chi connectivity index (χ1) is 12.1. The smallest absolute Gasteiger partial charge is 0.338 e. The first kappa shape index (κ1) is 17.0. The zero-order valence-corrected chi connectivity index (χ0v) is 14.3. The van der Waals surface area contributed by atoms with E-state index < -0.39 is 0 Å². The van der Waals surface area contributed by atoms with Crippen LogP contribution in [0.25, 0.3) is 11.0 Å². The normalized spacial score (nSPS) is 10.6. The van der Waals surface area contributed by atoms with E-state index in [1.165, 1.54) is 0 Å². The van der Waals surface area contributed by atoms with Crippen LogP contribution in [0, 0.1) is 0 Å². The molecule has 0 bridgehead atoms. The molecule has 6 heteroatoms. The van der Waals surface area contributed by atoms with Crippen molar-refractivity contribution in [3.8, 4) is 0 Å². The van der Waals surface area contributed by atoms with Crippen molar-refractivity contribution in [2.75, 3.05) is 11.9 Å². The number of furan rings is 1. The number of amides is 1. The Kier molecular flexibility index (Phi) is 5.05. The molecule has 1 heterocycles. The van der Waals surface area contributed by atoms with E-state index >= 15 is 0 Å². The molecular formula is C19H16ClNO4. The van der Waals surface area contributed by atoms with Gasteiger partial charge in [-0.1, -0.05) is 18.5 Å².